The van der Waals surface area contributed by atoms with E-state index in [9.17, 15) is 18.4 Å². The molecule has 1 saturated carbocycles. The van der Waals surface area contributed by atoms with E-state index in [1.54, 1.807) is 0 Å². The van der Waals surface area contributed by atoms with Gasteiger partial charge in [-0.2, -0.15) is 0 Å². The molecular formula is C15H27F2N3O2. The first-order valence-electron chi connectivity index (χ1n) is 7.78. The summed E-state index contributed by atoms with van der Waals surface area (Å²) in [4.78, 5) is 28.0. The van der Waals surface area contributed by atoms with Gasteiger partial charge < -0.3 is 10.2 Å². The van der Waals surface area contributed by atoms with Crippen LogP contribution in [-0.4, -0.2) is 66.3 Å². The van der Waals surface area contributed by atoms with Crippen LogP contribution in [0.25, 0.3) is 0 Å². The van der Waals surface area contributed by atoms with Gasteiger partial charge in [-0.1, -0.05) is 20.8 Å². The van der Waals surface area contributed by atoms with Crippen molar-refractivity contribution in [3.63, 3.8) is 0 Å². The van der Waals surface area contributed by atoms with E-state index in [1.807, 2.05) is 25.7 Å². The number of nitrogens with zero attached hydrogens (tertiary/aromatic N) is 2. The number of hydrogen-bond acceptors (Lipinski definition) is 3. The molecule has 1 atom stereocenters. The Balaban J connectivity index is 2.91. The summed E-state index contributed by atoms with van der Waals surface area (Å²) in [5.41, 5.74) is -1.47. The third-order valence-corrected chi connectivity index (χ3v) is 4.24. The van der Waals surface area contributed by atoms with Gasteiger partial charge in [0.15, 0.2) is 0 Å². The Bertz CT molecular complexity index is 415. The van der Waals surface area contributed by atoms with E-state index < -0.39 is 36.3 Å². The Morgan fingerprint density at radius 3 is 1.95 bits per heavy atom. The van der Waals surface area contributed by atoms with Crippen molar-refractivity contribution in [2.75, 3.05) is 27.2 Å². The van der Waals surface area contributed by atoms with Crippen LogP contribution in [-0.2, 0) is 9.59 Å². The van der Waals surface area contributed by atoms with Crippen LogP contribution in [0.5, 0.6) is 0 Å². The highest BCUT2D eigenvalue weighted by molar-refractivity contribution is 5.94. The van der Waals surface area contributed by atoms with Crippen molar-refractivity contribution in [3.8, 4) is 0 Å². The fourth-order valence-corrected chi connectivity index (χ4v) is 3.15. The minimum atomic E-state index is -2.89. The molecule has 0 radical (unpaired) electrons. The maximum Gasteiger partial charge on any atom is 0.253 e. The molecule has 0 bridgehead atoms. The average Bonchev–Trinajstić information content (AvgIpc) is 2.40. The summed E-state index contributed by atoms with van der Waals surface area (Å²) >= 11 is 0. The van der Waals surface area contributed by atoms with Gasteiger partial charge in [0.2, 0.25) is 11.8 Å². The van der Waals surface area contributed by atoms with Gasteiger partial charge in [0.1, 0.15) is 5.54 Å². The molecule has 0 heterocycles. The van der Waals surface area contributed by atoms with Gasteiger partial charge in [0.25, 0.3) is 5.92 Å². The zero-order valence-corrected chi connectivity index (χ0v) is 14.1. The standard InChI is InChI=1S/C15H27F2N3O2/c1-6-11(20(7-2)8-3)12(21)18-14(13(22)19(4)5)9-15(16,17)10-14/h11H,6-10H2,1-5H3,(H,18,21). The van der Waals surface area contributed by atoms with Gasteiger partial charge >= 0.3 is 0 Å². The predicted molar refractivity (Wildman–Crippen MR) is 80.7 cm³/mol. The lowest BCUT2D eigenvalue weighted by molar-refractivity contribution is -0.173. The highest BCUT2D eigenvalue weighted by Gasteiger charge is 2.62. The molecule has 1 aliphatic rings. The Labute approximate surface area is 131 Å². The first kappa shape index (κ1) is 18.8. The quantitative estimate of drug-likeness (QED) is 0.773. The van der Waals surface area contributed by atoms with E-state index in [2.05, 4.69) is 5.32 Å². The van der Waals surface area contributed by atoms with Gasteiger partial charge in [-0.15, -0.1) is 0 Å². The van der Waals surface area contributed by atoms with Crippen LogP contribution in [0.15, 0.2) is 0 Å². The Morgan fingerprint density at radius 1 is 1.14 bits per heavy atom. The van der Waals surface area contributed by atoms with Gasteiger partial charge in [0.05, 0.1) is 6.04 Å². The van der Waals surface area contributed by atoms with Crippen molar-refractivity contribution in [1.82, 2.24) is 15.1 Å². The van der Waals surface area contributed by atoms with E-state index >= 15 is 0 Å². The number of alkyl halides is 2. The minimum absolute atomic E-state index is 0.350. The molecule has 22 heavy (non-hydrogen) atoms. The molecule has 0 aromatic carbocycles. The number of likely N-dealkylation sites (N-methyl/N-ethyl adjacent to an activating group) is 2. The maximum atomic E-state index is 13.3. The molecule has 1 aliphatic carbocycles. The fourth-order valence-electron chi connectivity index (χ4n) is 3.15. The molecule has 7 heteroatoms. The molecule has 1 N–H and O–H groups in total. The smallest absolute Gasteiger partial charge is 0.253 e. The van der Waals surface area contributed by atoms with Gasteiger partial charge in [-0.25, -0.2) is 8.78 Å². The lowest BCUT2D eigenvalue weighted by Crippen LogP contribution is -2.70. The van der Waals surface area contributed by atoms with Crippen molar-refractivity contribution in [2.45, 2.75) is 57.5 Å². The normalized spacial score (nSPS) is 20.2. The third-order valence-electron chi connectivity index (χ3n) is 4.24. The molecule has 0 spiro atoms. The van der Waals surface area contributed by atoms with Crippen LogP contribution in [0.1, 0.15) is 40.0 Å². The molecule has 2 amide bonds. The third kappa shape index (κ3) is 3.74. The zero-order chi connectivity index (χ0) is 17.1. The number of hydrogen-bond donors (Lipinski definition) is 1. The second-order valence-corrected chi connectivity index (χ2v) is 6.13. The van der Waals surface area contributed by atoms with Crippen LogP contribution in [0.4, 0.5) is 8.78 Å². The van der Waals surface area contributed by atoms with Crippen molar-refractivity contribution in [2.24, 2.45) is 0 Å². The number of amides is 2. The van der Waals surface area contributed by atoms with Crippen molar-refractivity contribution >= 4 is 11.8 Å². The van der Waals surface area contributed by atoms with Crippen molar-refractivity contribution in [3.05, 3.63) is 0 Å². The minimum Gasteiger partial charge on any atom is -0.347 e. The molecular weight excluding hydrogens is 292 g/mol. The molecule has 0 aromatic rings. The summed E-state index contributed by atoms with van der Waals surface area (Å²) < 4.78 is 26.7. The summed E-state index contributed by atoms with van der Waals surface area (Å²) in [6.07, 6.45) is -0.689. The van der Waals surface area contributed by atoms with Gasteiger partial charge in [-0.05, 0) is 19.5 Å². The number of carbonyl (C=O) groups is 2. The molecule has 128 valence electrons. The SMILES string of the molecule is CCC(C(=O)NC1(C(=O)N(C)C)CC(F)(F)C1)N(CC)CC. The maximum absolute atomic E-state index is 13.3. The molecule has 1 unspecified atom stereocenters. The van der Waals surface area contributed by atoms with Crippen LogP contribution in [0.3, 0.4) is 0 Å². The summed E-state index contributed by atoms with van der Waals surface area (Å²) in [7, 11) is 3.02. The summed E-state index contributed by atoms with van der Waals surface area (Å²) in [5.74, 6) is -3.71. The topological polar surface area (TPSA) is 52.7 Å². The average molecular weight is 319 g/mol. The van der Waals surface area contributed by atoms with E-state index in [-0.39, 0.29) is 5.91 Å². The van der Waals surface area contributed by atoms with Crippen LogP contribution < -0.4 is 5.32 Å². The predicted octanol–water partition coefficient (Wildman–Crippen LogP) is 1.48. The molecule has 5 nitrogen and oxygen atoms in total. The second-order valence-electron chi connectivity index (χ2n) is 6.13. The second kappa shape index (κ2) is 6.89. The van der Waals surface area contributed by atoms with E-state index in [1.165, 1.54) is 19.0 Å². The first-order valence-corrected chi connectivity index (χ1v) is 7.78. The Kier molecular flexibility index (Phi) is 5.89. The molecule has 0 saturated heterocycles. The lowest BCUT2D eigenvalue weighted by Gasteiger charge is -2.48. The molecule has 0 aromatic heterocycles. The summed E-state index contributed by atoms with van der Waals surface area (Å²) in [5, 5.41) is 2.61. The first-order chi connectivity index (χ1) is 10.1. The van der Waals surface area contributed by atoms with E-state index in [4.69, 9.17) is 0 Å². The Morgan fingerprint density at radius 2 is 1.64 bits per heavy atom. The van der Waals surface area contributed by atoms with E-state index in [0.29, 0.717) is 19.5 Å². The number of carbonyl (C=O) groups excluding carboxylic acids is 2. The highest BCUT2D eigenvalue weighted by Crippen LogP contribution is 2.46. The molecule has 1 rings (SSSR count). The fraction of sp³-hybridized carbons (Fsp3) is 0.867. The van der Waals surface area contributed by atoms with E-state index in [0.717, 1.165) is 0 Å². The zero-order valence-electron chi connectivity index (χ0n) is 14.1. The number of halogens is 2. The highest BCUT2D eigenvalue weighted by atomic mass is 19.3. The number of rotatable bonds is 7. The van der Waals surface area contributed by atoms with Crippen LogP contribution >= 0.6 is 0 Å². The Hall–Kier alpha value is -1.24. The molecule has 0 aliphatic heterocycles. The summed E-state index contributed by atoms with van der Waals surface area (Å²) in [6, 6.07) is -0.406. The van der Waals surface area contributed by atoms with Gasteiger partial charge in [-0.3, -0.25) is 14.5 Å². The van der Waals surface area contributed by atoms with Crippen molar-refractivity contribution in [1.29, 1.82) is 0 Å². The summed E-state index contributed by atoms with van der Waals surface area (Å²) in [6.45, 7) is 7.13. The van der Waals surface area contributed by atoms with Crippen LogP contribution in [0, 0.1) is 0 Å². The van der Waals surface area contributed by atoms with Gasteiger partial charge in [0, 0.05) is 26.9 Å². The molecule has 1 fully saturated rings. The van der Waals surface area contributed by atoms with Crippen LogP contribution in [0.2, 0.25) is 0 Å². The number of nitrogens with one attached hydrogen (secondary N) is 1. The largest absolute Gasteiger partial charge is 0.347 e. The monoisotopic (exact) mass is 319 g/mol. The lowest BCUT2D eigenvalue weighted by atomic mass is 9.72. The van der Waals surface area contributed by atoms with Crippen molar-refractivity contribution < 1.29 is 18.4 Å².